The first kappa shape index (κ1) is 21.5. The minimum Gasteiger partial charge on any atom is -0.497 e. The molecule has 6 heteroatoms. The maximum Gasteiger partial charge on any atom is 0.162 e. The molecule has 0 aromatic heterocycles. The molecule has 2 aromatic rings. The van der Waals surface area contributed by atoms with Gasteiger partial charge < -0.3 is 15.2 Å². The van der Waals surface area contributed by atoms with Gasteiger partial charge in [-0.2, -0.15) is 5.26 Å². The lowest BCUT2D eigenvalue weighted by atomic mass is 9.68. The Labute approximate surface area is 188 Å². The van der Waals surface area contributed by atoms with E-state index in [1.807, 2.05) is 53.4 Å². The number of anilines is 1. The minimum absolute atomic E-state index is 0.0517. The molecule has 0 spiro atoms. The fourth-order valence-electron chi connectivity index (χ4n) is 4.66. The summed E-state index contributed by atoms with van der Waals surface area (Å²) < 4.78 is 10.6. The number of hydrogen-bond donors (Lipinski definition) is 1. The van der Waals surface area contributed by atoms with Gasteiger partial charge in [0.05, 0.1) is 31.8 Å². The van der Waals surface area contributed by atoms with Gasteiger partial charge in [0.1, 0.15) is 17.3 Å². The van der Waals surface area contributed by atoms with Gasteiger partial charge in [0.25, 0.3) is 0 Å². The van der Waals surface area contributed by atoms with Crippen LogP contribution >= 0.6 is 0 Å². The lowest BCUT2D eigenvalue weighted by Gasteiger charge is -2.43. The van der Waals surface area contributed by atoms with Gasteiger partial charge in [0, 0.05) is 23.4 Å². The first-order chi connectivity index (χ1) is 15.3. The number of allylic oxidation sites excluding steroid dienone is 3. The highest BCUT2D eigenvalue weighted by Gasteiger charge is 2.44. The molecular formula is C26H27N3O3. The first-order valence-electron chi connectivity index (χ1n) is 10.5. The Morgan fingerprint density at radius 1 is 1.00 bits per heavy atom. The lowest BCUT2D eigenvalue weighted by molar-refractivity contribution is -0.118. The third-order valence-electron chi connectivity index (χ3n) is 6.16. The second-order valence-corrected chi connectivity index (χ2v) is 8.95. The number of nitrogens with two attached hydrogens (primary N) is 1. The number of carbonyl (C=O) groups is 1. The van der Waals surface area contributed by atoms with Crippen LogP contribution in [-0.2, 0) is 4.79 Å². The van der Waals surface area contributed by atoms with E-state index in [2.05, 4.69) is 19.9 Å². The molecule has 0 saturated heterocycles. The van der Waals surface area contributed by atoms with E-state index in [1.54, 1.807) is 14.2 Å². The number of hydrogen-bond acceptors (Lipinski definition) is 6. The van der Waals surface area contributed by atoms with Gasteiger partial charge in [-0.3, -0.25) is 9.69 Å². The van der Waals surface area contributed by atoms with Crippen LogP contribution in [0.15, 0.2) is 71.2 Å². The average molecular weight is 430 g/mol. The van der Waals surface area contributed by atoms with Crippen LogP contribution in [0.25, 0.3) is 0 Å². The van der Waals surface area contributed by atoms with E-state index in [0.29, 0.717) is 35.6 Å². The maximum absolute atomic E-state index is 13.5. The molecule has 1 heterocycles. The number of benzene rings is 2. The number of ether oxygens (including phenoxy) is 2. The predicted octanol–water partition coefficient (Wildman–Crippen LogP) is 4.64. The SMILES string of the molecule is COc1ccc([C@H]2C(C#N)=C(N)N(c3ccc(OC)cc3)C3=C2C(=O)CC(C)(C)C3)cc1. The van der Waals surface area contributed by atoms with E-state index >= 15 is 0 Å². The van der Waals surface area contributed by atoms with Crippen LogP contribution in [0.3, 0.4) is 0 Å². The molecule has 164 valence electrons. The van der Waals surface area contributed by atoms with Crippen LogP contribution in [0.5, 0.6) is 11.5 Å². The van der Waals surface area contributed by atoms with Crippen LogP contribution in [0, 0.1) is 16.7 Å². The molecule has 0 fully saturated rings. The van der Waals surface area contributed by atoms with Gasteiger partial charge >= 0.3 is 0 Å². The van der Waals surface area contributed by atoms with E-state index < -0.39 is 5.92 Å². The van der Waals surface area contributed by atoms with Crippen LogP contribution in [0.4, 0.5) is 5.69 Å². The van der Waals surface area contributed by atoms with Gasteiger partial charge in [-0.15, -0.1) is 0 Å². The number of Topliss-reactive ketones (excluding diaryl/α,β-unsaturated/α-hetero) is 1. The molecule has 4 rings (SSSR count). The molecule has 0 amide bonds. The van der Waals surface area contributed by atoms with Crippen LogP contribution in [0.2, 0.25) is 0 Å². The summed E-state index contributed by atoms with van der Waals surface area (Å²) in [4.78, 5) is 15.4. The largest absolute Gasteiger partial charge is 0.497 e. The minimum atomic E-state index is -0.501. The summed E-state index contributed by atoms with van der Waals surface area (Å²) in [6.45, 7) is 4.17. The van der Waals surface area contributed by atoms with Crippen LogP contribution in [-0.4, -0.2) is 20.0 Å². The summed E-state index contributed by atoms with van der Waals surface area (Å²) in [7, 11) is 3.22. The molecule has 6 nitrogen and oxygen atoms in total. The summed E-state index contributed by atoms with van der Waals surface area (Å²) in [5.74, 6) is 1.34. The smallest absolute Gasteiger partial charge is 0.162 e. The number of rotatable bonds is 4. The zero-order valence-electron chi connectivity index (χ0n) is 18.8. The Morgan fingerprint density at radius 2 is 1.56 bits per heavy atom. The van der Waals surface area contributed by atoms with E-state index in [9.17, 15) is 10.1 Å². The van der Waals surface area contributed by atoms with Crippen molar-refractivity contribution < 1.29 is 14.3 Å². The molecule has 0 unspecified atom stereocenters. The molecule has 2 aromatic carbocycles. The summed E-state index contributed by atoms with van der Waals surface area (Å²) >= 11 is 0. The zero-order chi connectivity index (χ0) is 23.0. The third-order valence-corrected chi connectivity index (χ3v) is 6.16. The van der Waals surface area contributed by atoms with Crippen molar-refractivity contribution in [3.63, 3.8) is 0 Å². The topological polar surface area (TPSA) is 88.6 Å². The number of methoxy groups -OCH3 is 2. The molecule has 2 N–H and O–H groups in total. The van der Waals surface area contributed by atoms with Crippen molar-refractivity contribution in [1.82, 2.24) is 0 Å². The van der Waals surface area contributed by atoms with Gasteiger partial charge in [-0.1, -0.05) is 26.0 Å². The van der Waals surface area contributed by atoms with Crippen molar-refractivity contribution in [2.45, 2.75) is 32.6 Å². The monoisotopic (exact) mass is 429 g/mol. The molecule has 0 saturated carbocycles. The maximum atomic E-state index is 13.5. The van der Waals surface area contributed by atoms with Gasteiger partial charge in [-0.05, 0) is 53.8 Å². The highest BCUT2D eigenvalue weighted by atomic mass is 16.5. The highest BCUT2D eigenvalue weighted by molar-refractivity contribution is 6.01. The van der Waals surface area contributed by atoms with Crippen molar-refractivity contribution in [2.24, 2.45) is 11.1 Å². The Hall–Kier alpha value is -3.72. The lowest BCUT2D eigenvalue weighted by Crippen LogP contribution is -2.42. The normalized spacial score (nSPS) is 20.0. The predicted molar refractivity (Wildman–Crippen MR) is 123 cm³/mol. The van der Waals surface area contributed by atoms with Gasteiger partial charge in [-0.25, -0.2) is 0 Å². The molecule has 1 atom stereocenters. The molecule has 0 bridgehead atoms. The Morgan fingerprint density at radius 3 is 2.09 bits per heavy atom. The zero-order valence-corrected chi connectivity index (χ0v) is 18.8. The second kappa shape index (κ2) is 8.08. The summed E-state index contributed by atoms with van der Waals surface area (Å²) in [6.07, 6.45) is 1.10. The third kappa shape index (κ3) is 3.60. The Balaban J connectivity index is 1.94. The summed E-state index contributed by atoms with van der Waals surface area (Å²) in [5.41, 5.74) is 9.95. The summed E-state index contributed by atoms with van der Waals surface area (Å²) in [6, 6.07) is 17.3. The second-order valence-electron chi connectivity index (χ2n) is 8.95. The van der Waals surface area contributed by atoms with E-state index in [1.165, 1.54) is 0 Å². The Bertz CT molecular complexity index is 1150. The first-order valence-corrected chi connectivity index (χ1v) is 10.5. The molecule has 32 heavy (non-hydrogen) atoms. The Kier molecular flexibility index (Phi) is 5.43. The molecule has 0 radical (unpaired) electrons. The van der Waals surface area contributed by atoms with E-state index in [4.69, 9.17) is 15.2 Å². The van der Waals surface area contributed by atoms with Crippen molar-refractivity contribution in [2.75, 3.05) is 19.1 Å². The van der Waals surface area contributed by atoms with Crippen molar-refractivity contribution in [1.29, 1.82) is 5.26 Å². The quantitative estimate of drug-likeness (QED) is 0.761. The molecule has 1 aliphatic heterocycles. The van der Waals surface area contributed by atoms with Gasteiger partial charge in [0.2, 0.25) is 0 Å². The standard InChI is InChI=1S/C26H27N3O3/c1-26(2)13-21-24(22(30)14-26)23(16-5-9-18(31-3)10-6-16)20(15-27)25(28)29(21)17-7-11-19(32-4)12-8-17/h5-12,23H,13-14,28H2,1-4H3/t23-/m0/s1. The van der Waals surface area contributed by atoms with Crippen LogP contribution < -0.4 is 20.1 Å². The van der Waals surface area contributed by atoms with Gasteiger partial charge in [0.15, 0.2) is 5.78 Å². The fourth-order valence-corrected chi connectivity index (χ4v) is 4.66. The highest BCUT2D eigenvalue weighted by Crippen LogP contribution is 2.50. The molecular weight excluding hydrogens is 402 g/mol. The fraction of sp³-hybridized carbons (Fsp3) is 0.308. The summed E-state index contributed by atoms with van der Waals surface area (Å²) in [5, 5.41) is 10.1. The number of nitriles is 1. The molecule has 1 aliphatic carbocycles. The van der Waals surface area contributed by atoms with Crippen molar-refractivity contribution >= 4 is 11.5 Å². The molecule has 2 aliphatic rings. The number of nitrogens with zero attached hydrogens (tertiary/aromatic N) is 2. The van der Waals surface area contributed by atoms with E-state index in [0.717, 1.165) is 22.7 Å². The number of ketones is 1. The van der Waals surface area contributed by atoms with Crippen molar-refractivity contribution in [3.05, 3.63) is 76.8 Å². The number of carbonyl (C=O) groups excluding carboxylic acids is 1. The van der Waals surface area contributed by atoms with Crippen LogP contribution in [0.1, 0.15) is 38.2 Å². The average Bonchev–Trinajstić information content (AvgIpc) is 2.78. The van der Waals surface area contributed by atoms with Crippen molar-refractivity contribution in [3.8, 4) is 17.6 Å². The van der Waals surface area contributed by atoms with E-state index in [-0.39, 0.29) is 11.2 Å².